The Kier molecular flexibility index (Phi) is 3.09. The highest BCUT2D eigenvalue weighted by atomic mass is 19.1. The molecule has 19 heavy (non-hydrogen) atoms. The third kappa shape index (κ3) is 2.27. The van der Waals surface area contributed by atoms with Gasteiger partial charge in [0.2, 0.25) is 0 Å². The zero-order valence-corrected chi connectivity index (χ0v) is 10.6. The number of carbonyl (C=O) groups excluding carboxylic acids is 2. The normalized spacial score (nSPS) is 26.4. The monoisotopic (exact) mass is 261 g/mol. The molecule has 100 valence electrons. The van der Waals surface area contributed by atoms with Gasteiger partial charge in [0.05, 0.1) is 0 Å². The van der Waals surface area contributed by atoms with Crippen molar-refractivity contribution >= 4 is 11.7 Å². The van der Waals surface area contributed by atoms with Crippen molar-refractivity contribution < 1.29 is 14.0 Å². The van der Waals surface area contributed by atoms with Gasteiger partial charge >= 0.3 is 0 Å². The fourth-order valence-electron chi connectivity index (χ4n) is 3.25. The van der Waals surface area contributed by atoms with Gasteiger partial charge in [-0.15, -0.1) is 0 Å². The number of hydrogen-bond donors (Lipinski definition) is 0. The van der Waals surface area contributed by atoms with Crippen molar-refractivity contribution in [2.45, 2.75) is 44.2 Å². The Morgan fingerprint density at radius 2 is 1.68 bits per heavy atom. The van der Waals surface area contributed by atoms with E-state index in [9.17, 15) is 14.0 Å². The first-order valence-corrected chi connectivity index (χ1v) is 6.75. The van der Waals surface area contributed by atoms with Crippen LogP contribution in [-0.2, 0) is 4.79 Å². The Bertz CT molecular complexity index is 495. The highest BCUT2D eigenvalue weighted by Gasteiger charge is 2.40. The van der Waals surface area contributed by atoms with Gasteiger partial charge in [-0.3, -0.25) is 9.59 Å². The molecule has 0 N–H and O–H groups in total. The summed E-state index contributed by atoms with van der Waals surface area (Å²) in [4.78, 5) is 26.0. The van der Waals surface area contributed by atoms with Crippen LogP contribution < -0.4 is 0 Å². The molecule has 0 aliphatic carbocycles. The molecule has 2 aliphatic rings. The van der Waals surface area contributed by atoms with Crippen molar-refractivity contribution in [3.05, 3.63) is 35.6 Å². The van der Waals surface area contributed by atoms with Gasteiger partial charge in [-0.05, 0) is 43.5 Å². The van der Waals surface area contributed by atoms with Crippen LogP contribution in [0, 0.1) is 5.82 Å². The molecule has 0 radical (unpaired) electrons. The molecule has 1 aromatic carbocycles. The Labute approximate surface area is 111 Å². The Hall–Kier alpha value is -1.71. The van der Waals surface area contributed by atoms with Crippen LogP contribution >= 0.6 is 0 Å². The van der Waals surface area contributed by atoms with Gasteiger partial charge in [-0.25, -0.2) is 4.39 Å². The standard InChI is InChI=1S/C15H16FNO2/c16-11-6-4-10(5-7-11)15(19)17-12-2-1-3-13(17)9-14(18)8-12/h4-7,12-13H,1-3,8-9H2. The molecular formula is C15H16FNO2. The number of piperidine rings is 2. The first-order chi connectivity index (χ1) is 9.15. The zero-order chi connectivity index (χ0) is 13.4. The molecule has 0 aromatic heterocycles. The summed E-state index contributed by atoms with van der Waals surface area (Å²) in [6.07, 6.45) is 3.83. The second kappa shape index (κ2) is 4.76. The molecule has 2 fully saturated rings. The minimum absolute atomic E-state index is 0.0394. The van der Waals surface area contributed by atoms with E-state index in [2.05, 4.69) is 0 Å². The number of carbonyl (C=O) groups is 2. The average Bonchev–Trinajstić information content (AvgIpc) is 2.37. The van der Waals surface area contributed by atoms with E-state index in [4.69, 9.17) is 0 Å². The van der Waals surface area contributed by atoms with Gasteiger partial charge in [-0.2, -0.15) is 0 Å². The van der Waals surface area contributed by atoms with E-state index in [1.54, 1.807) is 0 Å². The summed E-state index contributed by atoms with van der Waals surface area (Å²) < 4.78 is 12.9. The first kappa shape index (κ1) is 12.3. The largest absolute Gasteiger partial charge is 0.332 e. The lowest BCUT2D eigenvalue weighted by Gasteiger charge is -2.45. The maximum atomic E-state index is 12.9. The van der Waals surface area contributed by atoms with Crippen molar-refractivity contribution in [3.63, 3.8) is 0 Å². The van der Waals surface area contributed by atoms with Gasteiger partial charge in [0.1, 0.15) is 11.6 Å². The molecule has 2 heterocycles. The maximum Gasteiger partial charge on any atom is 0.254 e. The molecule has 0 spiro atoms. The Morgan fingerprint density at radius 3 is 2.26 bits per heavy atom. The second-order valence-corrected chi connectivity index (χ2v) is 5.40. The molecule has 3 nitrogen and oxygen atoms in total. The molecule has 1 aromatic rings. The van der Waals surface area contributed by atoms with E-state index in [0.717, 1.165) is 19.3 Å². The van der Waals surface area contributed by atoms with Crippen molar-refractivity contribution in [1.29, 1.82) is 0 Å². The van der Waals surface area contributed by atoms with Crippen LogP contribution in [0.2, 0.25) is 0 Å². The second-order valence-electron chi connectivity index (χ2n) is 5.40. The molecular weight excluding hydrogens is 245 g/mol. The van der Waals surface area contributed by atoms with Crippen LogP contribution in [0.15, 0.2) is 24.3 Å². The summed E-state index contributed by atoms with van der Waals surface area (Å²) in [5.74, 6) is -0.148. The number of ketones is 1. The van der Waals surface area contributed by atoms with Crippen molar-refractivity contribution in [1.82, 2.24) is 4.90 Å². The number of halogens is 1. The van der Waals surface area contributed by atoms with E-state index in [1.165, 1.54) is 24.3 Å². The SMILES string of the molecule is O=C1CC2CCCC(C1)N2C(=O)c1ccc(F)cc1. The van der Waals surface area contributed by atoms with Crippen molar-refractivity contribution in [3.8, 4) is 0 Å². The fourth-order valence-corrected chi connectivity index (χ4v) is 3.25. The van der Waals surface area contributed by atoms with E-state index in [-0.39, 0.29) is 29.6 Å². The summed E-state index contributed by atoms with van der Waals surface area (Å²) in [5.41, 5.74) is 0.507. The van der Waals surface area contributed by atoms with Crippen LogP contribution in [0.3, 0.4) is 0 Å². The van der Waals surface area contributed by atoms with E-state index < -0.39 is 0 Å². The molecule has 2 atom stereocenters. The summed E-state index contributed by atoms with van der Waals surface area (Å²) >= 11 is 0. The van der Waals surface area contributed by atoms with Crippen LogP contribution in [-0.4, -0.2) is 28.7 Å². The summed E-state index contributed by atoms with van der Waals surface area (Å²) in [7, 11) is 0. The van der Waals surface area contributed by atoms with Crippen molar-refractivity contribution in [2.24, 2.45) is 0 Å². The van der Waals surface area contributed by atoms with Gasteiger partial charge in [-0.1, -0.05) is 0 Å². The molecule has 2 saturated heterocycles. The summed E-state index contributed by atoms with van der Waals surface area (Å²) in [5, 5.41) is 0. The number of nitrogens with zero attached hydrogens (tertiary/aromatic N) is 1. The van der Waals surface area contributed by atoms with Gasteiger partial charge < -0.3 is 4.90 Å². The topological polar surface area (TPSA) is 37.4 Å². The number of Topliss-reactive ketones (excluding diaryl/α,β-unsaturated/α-hetero) is 1. The fraction of sp³-hybridized carbons (Fsp3) is 0.467. The minimum atomic E-state index is -0.342. The average molecular weight is 261 g/mol. The Morgan fingerprint density at radius 1 is 1.11 bits per heavy atom. The molecule has 0 saturated carbocycles. The highest BCUT2D eigenvalue weighted by Crippen LogP contribution is 2.33. The van der Waals surface area contributed by atoms with E-state index >= 15 is 0 Å². The molecule has 3 rings (SSSR count). The lowest BCUT2D eigenvalue weighted by atomic mass is 9.83. The van der Waals surface area contributed by atoms with Crippen LogP contribution in [0.4, 0.5) is 4.39 Å². The first-order valence-electron chi connectivity index (χ1n) is 6.75. The predicted octanol–water partition coefficient (Wildman–Crippen LogP) is 2.55. The number of fused-ring (bicyclic) bond motifs is 2. The van der Waals surface area contributed by atoms with Gasteiger partial charge in [0, 0.05) is 30.5 Å². The van der Waals surface area contributed by atoms with E-state index in [1.807, 2.05) is 4.90 Å². The third-order valence-corrected chi connectivity index (χ3v) is 4.11. The van der Waals surface area contributed by atoms with E-state index in [0.29, 0.717) is 18.4 Å². The Balaban J connectivity index is 1.86. The molecule has 4 heteroatoms. The maximum absolute atomic E-state index is 12.9. The summed E-state index contributed by atoms with van der Waals surface area (Å²) in [6.45, 7) is 0. The molecule has 2 bridgehead atoms. The third-order valence-electron chi connectivity index (χ3n) is 4.11. The van der Waals surface area contributed by atoms with Crippen LogP contribution in [0.25, 0.3) is 0 Å². The van der Waals surface area contributed by atoms with Crippen molar-refractivity contribution in [2.75, 3.05) is 0 Å². The van der Waals surface area contributed by atoms with Crippen LogP contribution in [0.5, 0.6) is 0 Å². The van der Waals surface area contributed by atoms with Gasteiger partial charge in [0.25, 0.3) is 5.91 Å². The van der Waals surface area contributed by atoms with Crippen LogP contribution in [0.1, 0.15) is 42.5 Å². The lowest BCUT2D eigenvalue weighted by molar-refractivity contribution is -0.125. The lowest BCUT2D eigenvalue weighted by Crippen LogP contribution is -2.54. The molecule has 1 amide bonds. The number of amides is 1. The summed E-state index contributed by atoms with van der Waals surface area (Å²) in [6, 6.07) is 5.72. The smallest absolute Gasteiger partial charge is 0.254 e. The van der Waals surface area contributed by atoms with Gasteiger partial charge in [0.15, 0.2) is 0 Å². The predicted molar refractivity (Wildman–Crippen MR) is 68.2 cm³/mol. The minimum Gasteiger partial charge on any atom is -0.332 e. The molecule has 2 aliphatic heterocycles. The number of rotatable bonds is 1. The number of hydrogen-bond acceptors (Lipinski definition) is 2. The number of benzene rings is 1. The highest BCUT2D eigenvalue weighted by molar-refractivity contribution is 5.96. The zero-order valence-electron chi connectivity index (χ0n) is 10.6. The quantitative estimate of drug-likeness (QED) is 0.779. The molecule has 2 unspecified atom stereocenters.